The molecule has 0 saturated heterocycles. The largest absolute Gasteiger partial charge is 0.497 e. The van der Waals surface area contributed by atoms with Gasteiger partial charge in [-0.25, -0.2) is 0 Å². The number of rotatable bonds is 9. The Kier molecular flexibility index (Phi) is 8.13. The van der Waals surface area contributed by atoms with Gasteiger partial charge in [-0.15, -0.1) is 0 Å². The van der Waals surface area contributed by atoms with Crippen molar-refractivity contribution in [2.75, 3.05) is 7.11 Å². The van der Waals surface area contributed by atoms with E-state index >= 15 is 0 Å². The normalized spacial score (nSPS) is 13.5. The minimum atomic E-state index is 0.334. The van der Waals surface area contributed by atoms with Gasteiger partial charge < -0.3 is 15.8 Å². The molecule has 4 heteroatoms. The molecule has 0 bridgehead atoms. The van der Waals surface area contributed by atoms with E-state index in [1.165, 1.54) is 24.8 Å². The lowest BCUT2D eigenvalue weighted by Gasteiger charge is -2.25. The number of ether oxygens (including phenoxy) is 1. The van der Waals surface area contributed by atoms with Gasteiger partial charge in [0.15, 0.2) is 5.11 Å². The highest BCUT2D eigenvalue weighted by molar-refractivity contribution is 7.80. The summed E-state index contributed by atoms with van der Waals surface area (Å²) in [5.41, 5.74) is 6.96. The molecule has 0 heterocycles. The van der Waals surface area contributed by atoms with Gasteiger partial charge in [0.2, 0.25) is 0 Å². The molecule has 0 saturated carbocycles. The summed E-state index contributed by atoms with van der Waals surface area (Å²) in [5.74, 6) is 1.38. The molecular formula is C17H28N2OS. The Labute approximate surface area is 134 Å². The maximum atomic E-state index is 5.67. The van der Waals surface area contributed by atoms with Crippen molar-refractivity contribution in [1.29, 1.82) is 0 Å². The molecule has 118 valence electrons. The van der Waals surface area contributed by atoms with Crippen molar-refractivity contribution in [1.82, 2.24) is 5.32 Å². The lowest BCUT2D eigenvalue weighted by Crippen LogP contribution is -2.42. The number of benzene rings is 1. The van der Waals surface area contributed by atoms with Gasteiger partial charge >= 0.3 is 0 Å². The summed E-state index contributed by atoms with van der Waals surface area (Å²) in [6.45, 7) is 4.47. The quantitative estimate of drug-likeness (QED) is 0.540. The van der Waals surface area contributed by atoms with Gasteiger partial charge in [-0.05, 0) is 48.7 Å². The third-order valence-corrected chi connectivity index (χ3v) is 3.94. The molecule has 21 heavy (non-hydrogen) atoms. The van der Waals surface area contributed by atoms with Gasteiger partial charge in [-0.1, -0.05) is 45.2 Å². The van der Waals surface area contributed by atoms with Crippen molar-refractivity contribution >= 4 is 17.3 Å². The minimum Gasteiger partial charge on any atom is -0.497 e. The maximum absolute atomic E-state index is 5.67. The molecular weight excluding hydrogens is 280 g/mol. The highest BCUT2D eigenvalue weighted by Gasteiger charge is 2.17. The molecule has 0 fully saturated rings. The Balaban J connectivity index is 2.64. The van der Waals surface area contributed by atoms with Gasteiger partial charge in [0.25, 0.3) is 0 Å². The van der Waals surface area contributed by atoms with E-state index in [1.54, 1.807) is 7.11 Å². The van der Waals surface area contributed by atoms with Crippen molar-refractivity contribution < 1.29 is 4.74 Å². The topological polar surface area (TPSA) is 47.3 Å². The highest BCUT2D eigenvalue weighted by atomic mass is 32.1. The van der Waals surface area contributed by atoms with Crippen LogP contribution >= 0.6 is 12.2 Å². The first kappa shape index (κ1) is 17.8. The smallest absolute Gasteiger partial charge is 0.163 e. The van der Waals surface area contributed by atoms with Crippen LogP contribution in [0.3, 0.4) is 0 Å². The van der Waals surface area contributed by atoms with E-state index in [4.69, 9.17) is 22.7 Å². The van der Waals surface area contributed by atoms with Crippen LogP contribution in [-0.4, -0.2) is 18.3 Å². The zero-order valence-corrected chi connectivity index (χ0v) is 14.2. The summed E-state index contributed by atoms with van der Waals surface area (Å²) in [6, 6.07) is 8.58. The van der Waals surface area contributed by atoms with Crippen LogP contribution in [0, 0.1) is 5.92 Å². The lowest BCUT2D eigenvalue weighted by atomic mass is 9.90. The summed E-state index contributed by atoms with van der Waals surface area (Å²) in [7, 11) is 1.70. The van der Waals surface area contributed by atoms with Crippen LogP contribution in [0.2, 0.25) is 0 Å². The van der Waals surface area contributed by atoms with Crippen molar-refractivity contribution in [2.24, 2.45) is 11.7 Å². The van der Waals surface area contributed by atoms with Crippen LogP contribution in [0.15, 0.2) is 24.3 Å². The van der Waals surface area contributed by atoms with Crippen molar-refractivity contribution in [3.8, 4) is 5.75 Å². The molecule has 0 aromatic heterocycles. The molecule has 1 rings (SSSR count). The van der Waals surface area contributed by atoms with Crippen LogP contribution < -0.4 is 15.8 Å². The van der Waals surface area contributed by atoms with E-state index in [1.807, 2.05) is 12.1 Å². The molecule has 0 aliphatic rings. The number of thiocarbonyl (C=S) groups is 1. The first-order valence-corrected chi connectivity index (χ1v) is 8.16. The van der Waals surface area contributed by atoms with Crippen LogP contribution in [-0.2, 0) is 6.42 Å². The molecule has 3 nitrogen and oxygen atoms in total. The van der Waals surface area contributed by atoms with Crippen molar-refractivity contribution in [3.63, 3.8) is 0 Å². The molecule has 0 radical (unpaired) electrons. The SMILES string of the molecule is CCCCCC(NC(N)=S)C(C)Cc1cccc(OC)c1. The second-order valence-electron chi connectivity index (χ2n) is 5.64. The van der Waals surface area contributed by atoms with E-state index in [2.05, 4.69) is 31.3 Å². The molecule has 0 aliphatic carbocycles. The Morgan fingerprint density at radius 2 is 2.14 bits per heavy atom. The summed E-state index contributed by atoms with van der Waals surface area (Å²) in [5, 5.41) is 3.66. The molecule has 1 aromatic carbocycles. The van der Waals surface area contributed by atoms with Crippen LogP contribution in [0.4, 0.5) is 0 Å². The minimum absolute atomic E-state index is 0.334. The van der Waals surface area contributed by atoms with Crippen molar-refractivity contribution in [3.05, 3.63) is 29.8 Å². The Hall–Kier alpha value is -1.29. The number of hydrogen-bond acceptors (Lipinski definition) is 2. The fourth-order valence-corrected chi connectivity index (χ4v) is 2.76. The predicted molar refractivity (Wildman–Crippen MR) is 93.7 cm³/mol. The average Bonchev–Trinajstić information content (AvgIpc) is 2.46. The molecule has 2 unspecified atom stereocenters. The molecule has 0 spiro atoms. The Morgan fingerprint density at radius 3 is 2.76 bits per heavy atom. The number of nitrogens with one attached hydrogen (secondary N) is 1. The number of unbranched alkanes of at least 4 members (excludes halogenated alkanes) is 2. The zero-order chi connectivity index (χ0) is 15.7. The van der Waals surface area contributed by atoms with E-state index in [0.29, 0.717) is 17.1 Å². The summed E-state index contributed by atoms with van der Waals surface area (Å²) < 4.78 is 5.28. The Morgan fingerprint density at radius 1 is 1.38 bits per heavy atom. The average molecular weight is 308 g/mol. The molecule has 0 amide bonds. The van der Waals surface area contributed by atoms with Crippen LogP contribution in [0.5, 0.6) is 5.75 Å². The van der Waals surface area contributed by atoms with Crippen LogP contribution in [0.1, 0.15) is 45.1 Å². The van der Waals surface area contributed by atoms with E-state index in [-0.39, 0.29) is 0 Å². The van der Waals surface area contributed by atoms with E-state index in [0.717, 1.165) is 18.6 Å². The predicted octanol–water partition coefficient (Wildman–Crippen LogP) is 3.66. The van der Waals surface area contributed by atoms with E-state index < -0.39 is 0 Å². The maximum Gasteiger partial charge on any atom is 0.163 e. The van der Waals surface area contributed by atoms with Gasteiger partial charge in [-0.2, -0.15) is 0 Å². The standard InChI is InChI=1S/C17H28N2OS/c1-4-5-6-10-16(19-17(18)21)13(2)11-14-8-7-9-15(12-14)20-3/h7-9,12-13,16H,4-6,10-11H2,1-3H3,(H3,18,19,21). The van der Waals surface area contributed by atoms with Gasteiger partial charge in [0, 0.05) is 6.04 Å². The second-order valence-corrected chi connectivity index (χ2v) is 6.08. The van der Waals surface area contributed by atoms with Crippen LogP contribution in [0.25, 0.3) is 0 Å². The van der Waals surface area contributed by atoms with Gasteiger partial charge in [0.1, 0.15) is 5.75 Å². The molecule has 3 N–H and O–H groups in total. The third kappa shape index (κ3) is 6.80. The third-order valence-electron chi connectivity index (χ3n) is 3.83. The van der Waals surface area contributed by atoms with Crippen molar-refractivity contribution in [2.45, 2.75) is 52.0 Å². The molecule has 0 aliphatic heterocycles. The summed E-state index contributed by atoms with van der Waals surface area (Å²) in [6.07, 6.45) is 5.78. The van der Waals surface area contributed by atoms with E-state index in [9.17, 15) is 0 Å². The Bertz CT molecular complexity index is 437. The first-order valence-electron chi connectivity index (χ1n) is 7.75. The zero-order valence-electron chi connectivity index (χ0n) is 13.4. The number of hydrogen-bond donors (Lipinski definition) is 2. The van der Waals surface area contributed by atoms with Gasteiger partial charge in [0.05, 0.1) is 7.11 Å². The van der Waals surface area contributed by atoms with Gasteiger partial charge in [-0.3, -0.25) is 0 Å². The number of nitrogens with two attached hydrogens (primary N) is 1. The monoisotopic (exact) mass is 308 g/mol. The summed E-state index contributed by atoms with van der Waals surface area (Å²) in [4.78, 5) is 0. The molecule has 2 atom stereocenters. The fourth-order valence-electron chi connectivity index (χ4n) is 2.61. The summed E-state index contributed by atoms with van der Waals surface area (Å²) >= 11 is 5.02. The first-order chi connectivity index (χ1) is 10.1. The fraction of sp³-hybridized carbons (Fsp3) is 0.588. The molecule has 1 aromatic rings. The highest BCUT2D eigenvalue weighted by Crippen LogP contribution is 2.20. The lowest BCUT2D eigenvalue weighted by molar-refractivity contribution is 0.382. The number of methoxy groups -OCH3 is 1. The second kappa shape index (κ2) is 9.61.